The summed E-state index contributed by atoms with van der Waals surface area (Å²) < 4.78 is 38.4. The molecule has 4 heteroatoms. The van der Waals surface area contributed by atoms with E-state index in [9.17, 15) is 13.2 Å². The smallest absolute Gasteiger partial charge is 0.288 e. The van der Waals surface area contributed by atoms with E-state index in [1.807, 2.05) is 31.2 Å². The summed E-state index contributed by atoms with van der Waals surface area (Å²) in [5, 5.41) is 0. The molecule has 0 fully saturated rings. The van der Waals surface area contributed by atoms with Crippen molar-refractivity contribution in [1.82, 2.24) is 0 Å². The first-order chi connectivity index (χ1) is 7.82. The van der Waals surface area contributed by atoms with Crippen LogP contribution in [-0.4, -0.2) is 12.4 Å². The van der Waals surface area contributed by atoms with Crippen LogP contribution in [0.4, 0.5) is 13.2 Å². The van der Waals surface area contributed by atoms with E-state index >= 15 is 0 Å². The second-order valence-corrected chi connectivity index (χ2v) is 4.82. The van der Waals surface area contributed by atoms with E-state index in [1.165, 1.54) is 6.92 Å². The average molecular weight is 241 g/mol. The molecule has 0 radical (unpaired) electrons. The number of rotatable bonds is 1. The molecular weight excluding hydrogens is 227 g/mol. The first-order valence-electron chi connectivity index (χ1n) is 5.49. The van der Waals surface area contributed by atoms with Gasteiger partial charge in [-0.25, -0.2) is 0 Å². The van der Waals surface area contributed by atoms with Crippen molar-refractivity contribution < 1.29 is 13.2 Å². The van der Waals surface area contributed by atoms with Crippen LogP contribution in [0.15, 0.2) is 29.3 Å². The second kappa shape index (κ2) is 3.86. The van der Waals surface area contributed by atoms with Crippen LogP contribution in [0, 0.1) is 12.3 Å². The molecule has 2 atom stereocenters. The number of nitrogens with zero attached hydrogens (tertiary/aromatic N) is 1. The largest absolute Gasteiger partial charge is 0.399 e. The van der Waals surface area contributed by atoms with Crippen molar-refractivity contribution in [2.75, 3.05) is 0 Å². The van der Waals surface area contributed by atoms with Crippen molar-refractivity contribution >= 4 is 6.21 Å². The molecule has 0 amide bonds. The maximum Gasteiger partial charge on any atom is 0.399 e. The first-order valence-corrected chi connectivity index (χ1v) is 5.49. The topological polar surface area (TPSA) is 12.4 Å². The third-order valence-electron chi connectivity index (χ3n) is 3.27. The summed E-state index contributed by atoms with van der Waals surface area (Å²) >= 11 is 0. The highest BCUT2D eigenvalue weighted by Crippen LogP contribution is 2.47. The molecule has 0 saturated heterocycles. The molecule has 2 rings (SSSR count). The van der Waals surface area contributed by atoms with Gasteiger partial charge in [0.05, 0.1) is 6.04 Å². The Bertz CT molecular complexity index is 433. The lowest BCUT2D eigenvalue weighted by Gasteiger charge is -2.25. The Hall–Kier alpha value is -1.32. The molecule has 0 bridgehead atoms. The third-order valence-corrected chi connectivity index (χ3v) is 3.27. The second-order valence-electron chi connectivity index (χ2n) is 4.82. The molecule has 0 aromatic heterocycles. The Morgan fingerprint density at radius 1 is 1.24 bits per heavy atom. The number of hydrogen-bond acceptors (Lipinski definition) is 1. The Morgan fingerprint density at radius 3 is 2.29 bits per heavy atom. The van der Waals surface area contributed by atoms with Crippen molar-refractivity contribution in [1.29, 1.82) is 0 Å². The summed E-state index contributed by atoms with van der Waals surface area (Å²) in [4.78, 5) is 4.01. The van der Waals surface area contributed by atoms with Crippen molar-refractivity contribution in [3.8, 4) is 0 Å². The molecule has 0 aliphatic carbocycles. The fourth-order valence-corrected chi connectivity index (χ4v) is 1.94. The van der Waals surface area contributed by atoms with Gasteiger partial charge in [-0.2, -0.15) is 13.2 Å². The summed E-state index contributed by atoms with van der Waals surface area (Å²) in [6.07, 6.45) is -3.17. The van der Waals surface area contributed by atoms with Crippen LogP contribution in [0.2, 0.25) is 0 Å². The fraction of sp³-hybridized carbons (Fsp3) is 0.462. The predicted octanol–water partition coefficient (Wildman–Crippen LogP) is 4.08. The minimum atomic E-state index is -4.23. The van der Waals surface area contributed by atoms with Gasteiger partial charge in [-0.1, -0.05) is 29.8 Å². The van der Waals surface area contributed by atoms with Gasteiger partial charge in [0.15, 0.2) is 0 Å². The van der Waals surface area contributed by atoms with Gasteiger partial charge < -0.3 is 0 Å². The molecule has 2 unspecified atom stereocenters. The van der Waals surface area contributed by atoms with E-state index in [0.29, 0.717) is 0 Å². The molecule has 1 nitrogen and oxygen atoms in total. The SMILES string of the molecule is Cc1ccc(C2CC(C)(C(F)(F)F)C=N2)cc1. The Labute approximate surface area is 98.4 Å². The van der Waals surface area contributed by atoms with Crippen LogP contribution in [0.1, 0.15) is 30.5 Å². The molecule has 0 N–H and O–H groups in total. The number of alkyl halides is 3. The monoisotopic (exact) mass is 241 g/mol. The van der Waals surface area contributed by atoms with Gasteiger partial charge in [-0.15, -0.1) is 0 Å². The van der Waals surface area contributed by atoms with E-state index in [0.717, 1.165) is 17.3 Å². The molecule has 1 aromatic carbocycles. The minimum absolute atomic E-state index is 0.000436. The van der Waals surface area contributed by atoms with E-state index in [2.05, 4.69) is 4.99 Å². The zero-order valence-corrected chi connectivity index (χ0v) is 9.75. The minimum Gasteiger partial charge on any atom is -0.288 e. The lowest BCUT2D eigenvalue weighted by atomic mass is 9.85. The fourth-order valence-electron chi connectivity index (χ4n) is 1.94. The number of halogens is 3. The standard InChI is InChI=1S/C13H14F3N/c1-9-3-5-10(6-4-9)11-7-12(2,8-17-11)13(14,15)16/h3-6,8,11H,7H2,1-2H3. The Morgan fingerprint density at radius 2 is 1.82 bits per heavy atom. The normalized spacial score (nSPS) is 28.6. The number of hydrogen-bond donors (Lipinski definition) is 0. The van der Waals surface area contributed by atoms with E-state index in [4.69, 9.17) is 0 Å². The molecule has 1 aromatic rings. The summed E-state index contributed by atoms with van der Waals surface area (Å²) in [6.45, 7) is 3.15. The highest BCUT2D eigenvalue weighted by Gasteiger charge is 2.53. The molecule has 1 aliphatic heterocycles. The number of benzene rings is 1. The quantitative estimate of drug-likeness (QED) is 0.702. The number of aryl methyl sites for hydroxylation is 1. The van der Waals surface area contributed by atoms with Gasteiger partial charge in [0.1, 0.15) is 5.41 Å². The van der Waals surface area contributed by atoms with Gasteiger partial charge in [0.2, 0.25) is 0 Å². The van der Waals surface area contributed by atoms with Crippen molar-refractivity contribution in [2.45, 2.75) is 32.5 Å². The first kappa shape index (κ1) is 12.1. The summed E-state index contributed by atoms with van der Waals surface area (Å²) in [7, 11) is 0. The van der Waals surface area contributed by atoms with E-state index in [1.54, 1.807) is 0 Å². The molecular formula is C13H14F3N. The lowest BCUT2D eigenvalue weighted by Crippen LogP contribution is -2.34. The highest BCUT2D eigenvalue weighted by molar-refractivity contribution is 5.69. The lowest BCUT2D eigenvalue weighted by molar-refractivity contribution is -0.191. The van der Waals surface area contributed by atoms with Crippen LogP contribution >= 0.6 is 0 Å². The van der Waals surface area contributed by atoms with Gasteiger partial charge in [0, 0.05) is 6.21 Å². The van der Waals surface area contributed by atoms with Gasteiger partial charge >= 0.3 is 6.18 Å². The Balaban J connectivity index is 2.19. The maximum atomic E-state index is 12.8. The molecule has 0 spiro atoms. The van der Waals surface area contributed by atoms with Gasteiger partial charge in [0.25, 0.3) is 0 Å². The van der Waals surface area contributed by atoms with Crippen LogP contribution in [0.5, 0.6) is 0 Å². The average Bonchev–Trinajstić information content (AvgIpc) is 2.63. The van der Waals surface area contributed by atoms with Crippen molar-refractivity contribution in [2.24, 2.45) is 10.4 Å². The van der Waals surface area contributed by atoms with Crippen molar-refractivity contribution in [3.63, 3.8) is 0 Å². The molecule has 17 heavy (non-hydrogen) atoms. The molecule has 0 saturated carbocycles. The van der Waals surface area contributed by atoms with Crippen molar-refractivity contribution in [3.05, 3.63) is 35.4 Å². The zero-order chi connectivity index (χ0) is 12.7. The van der Waals surface area contributed by atoms with Gasteiger partial charge in [-0.3, -0.25) is 4.99 Å². The van der Waals surface area contributed by atoms with Gasteiger partial charge in [-0.05, 0) is 25.8 Å². The zero-order valence-electron chi connectivity index (χ0n) is 9.75. The highest BCUT2D eigenvalue weighted by atomic mass is 19.4. The van der Waals surface area contributed by atoms with Crippen LogP contribution in [0.3, 0.4) is 0 Å². The van der Waals surface area contributed by atoms with Crippen LogP contribution in [0.25, 0.3) is 0 Å². The molecule has 92 valence electrons. The molecule has 1 aliphatic rings. The van der Waals surface area contributed by atoms with Crippen LogP contribution < -0.4 is 0 Å². The third kappa shape index (κ3) is 2.21. The summed E-state index contributed by atoms with van der Waals surface area (Å²) in [5.74, 6) is 0. The summed E-state index contributed by atoms with van der Waals surface area (Å²) in [5.41, 5.74) is 0.150. The maximum absolute atomic E-state index is 12.8. The van der Waals surface area contributed by atoms with E-state index < -0.39 is 11.6 Å². The van der Waals surface area contributed by atoms with E-state index in [-0.39, 0.29) is 12.5 Å². The molecule has 1 heterocycles. The summed E-state index contributed by atoms with van der Waals surface area (Å²) in [6, 6.07) is 7.11. The Kier molecular flexibility index (Phi) is 2.76. The predicted molar refractivity (Wildman–Crippen MR) is 61.2 cm³/mol. The number of aliphatic imine (C=N–C) groups is 1. The van der Waals surface area contributed by atoms with Crippen LogP contribution in [-0.2, 0) is 0 Å².